The molecule has 3 aromatic carbocycles. The van der Waals surface area contributed by atoms with Crippen LogP contribution in [-0.4, -0.2) is 34.2 Å². The third-order valence-corrected chi connectivity index (χ3v) is 6.33. The van der Waals surface area contributed by atoms with E-state index in [1.807, 2.05) is 54.7 Å². The first-order chi connectivity index (χ1) is 16.1. The lowest BCUT2D eigenvalue weighted by molar-refractivity contribution is -0.116. The van der Waals surface area contributed by atoms with Crippen molar-refractivity contribution in [2.45, 2.75) is 12.6 Å². The van der Waals surface area contributed by atoms with Crippen LogP contribution in [0.5, 0.6) is 0 Å². The number of anilines is 2. The lowest BCUT2D eigenvalue weighted by Gasteiger charge is -2.40. The van der Waals surface area contributed by atoms with Crippen LogP contribution in [0.4, 0.5) is 11.4 Å². The SMILES string of the molecule is O=C(CCN1C(=O)c2ccccc2N2C(=O)c3ccccc3[C@@H]12)Nc1cccc2[nH]ccc12. The molecule has 3 heterocycles. The van der Waals surface area contributed by atoms with Gasteiger partial charge in [-0.25, -0.2) is 0 Å². The number of fused-ring (bicyclic) bond motifs is 6. The van der Waals surface area contributed by atoms with Gasteiger partial charge < -0.3 is 15.2 Å². The van der Waals surface area contributed by atoms with Gasteiger partial charge in [-0.05, 0) is 36.4 Å². The molecule has 2 aliphatic heterocycles. The van der Waals surface area contributed by atoms with Crippen molar-refractivity contribution in [3.05, 3.63) is 95.7 Å². The van der Waals surface area contributed by atoms with E-state index in [4.69, 9.17) is 0 Å². The Morgan fingerprint density at radius 2 is 1.67 bits per heavy atom. The minimum atomic E-state index is -0.558. The zero-order valence-electron chi connectivity index (χ0n) is 17.6. The number of carbonyl (C=O) groups excluding carboxylic acids is 3. The molecule has 2 N–H and O–H groups in total. The monoisotopic (exact) mass is 436 g/mol. The quantitative estimate of drug-likeness (QED) is 0.500. The van der Waals surface area contributed by atoms with E-state index in [1.54, 1.807) is 34.1 Å². The molecule has 4 aromatic rings. The molecule has 7 heteroatoms. The lowest BCUT2D eigenvalue weighted by atomic mass is 10.0. The molecule has 0 bridgehead atoms. The fourth-order valence-electron chi connectivity index (χ4n) is 4.83. The van der Waals surface area contributed by atoms with Crippen LogP contribution in [0.2, 0.25) is 0 Å². The molecule has 0 saturated carbocycles. The molecule has 0 aliphatic carbocycles. The summed E-state index contributed by atoms with van der Waals surface area (Å²) in [5.41, 5.74) is 4.09. The van der Waals surface area contributed by atoms with Gasteiger partial charge in [0.15, 0.2) is 0 Å². The van der Waals surface area contributed by atoms with Crippen LogP contribution in [0.15, 0.2) is 79.0 Å². The molecular formula is C26H20N4O3. The Morgan fingerprint density at radius 1 is 0.879 bits per heavy atom. The molecule has 0 unspecified atom stereocenters. The van der Waals surface area contributed by atoms with Crippen LogP contribution in [0.3, 0.4) is 0 Å². The Labute approximate surface area is 189 Å². The van der Waals surface area contributed by atoms with Gasteiger partial charge in [-0.3, -0.25) is 19.3 Å². The van der Waals surface area contributed by atoms with Gasteiger partial charge in [0, 0.05) is 41.2 Å². The second-order valence-electron chi connectivity index (χ2n) is 8.19. The summed E-state index contributed by atoms with van der Waals surface area (Å²) in [6.45, 7) is 0.185. The average molecular weight is 436 g/mol. The van der Waals surface area contributed by atoms with Crippen molar-refractivity contribution in [3.8, 4) is 0 Å². The lowest BCUT2D eigenvalue weighted by Crippen LogP contribution is -2.49. The van der Waals surface area contributed by atoms with E-state index in [1.165, 1.54) is 0 Å². The number of para-hydroxylation sites is 1. The van der Waals surface area contributed by atoms with Crippen molar-refractivity contribution in [2.75, 3.05) is 16.8 Å². The van der Waals surface area contributed by atoms with Crippen molar-refractivity contribution in [1.82, 2.24) is 9.88 Å². The maximum absolute atomic E-state index is 13.4. The van der Waals surface area contributed by atoms with Crippen LogP contribution < -0.4 is 10.2 Å². The highest BCUT2D eigenvalue weighted by molar-refractivity contribution is 6.16. The fraction of sp³-hybridized carbons (Fsp3) is 0.115. The van der Waals surface area contributed by atoms with Gasteiger partial charge in [0.05, 0.1) is 16.9 Å². The molecule has 33 heavy (non-hydrogen) atoms. The van der Waals surface area contributed by atoms with Gasteiger partial charge in [-0.15, -0.1) is 0 Å². The molecule has 6 rings (SSSR count). The average Bonchev–Trinajstić information content (AvgIpc) is 3.43. The number of hydrogen-bond donors (Lipinski definition) is 2. The fourth-order valence-corrected chi connectivity index (χ4v) is 4.83. The number of nitrogens with zero attached hydrogens (tertiary/aromatic N) is 2. The Morgan fingerprint density at radius 3 is 2.55 bits per heavy atom. The minimum Gasteiger partial charge on any atom is -0.361 e. The molecule has 1 atom stereocenters. The Kier molecular flexibility index (Phi) is 4.29. The zero-order valence-corrected chi connectivity index (χ0v) is 17.6. The first-order valence-corrected chi connectivity index (χ1v) is 10.8. The number of amides is 3. The van der Waals surface area contributed by atoms with Crippen LogP contribution in [0.25, 0.3) is 10.9 Å². The molecule has 0 spiro atoms. The smallest absolute Gasteiger partial charge is 0.260 e. The third-order valence-electron chi connectivity index (χ3n) is 6.33. The first kappa shape index (κ1) is 19.3. The van der Waals surface area contributed by atoms with E-state index in [0.29, 0.717) is 16.8 Å². The van der Waals surface area contributed by atoms with Gasteiger partial charge in [0.1, 0.15) is 6.17 Å². The van der Waals surface area contributed by atoms with E-state index in [2.05, 4.69) is 10.3 Å². The van der Waals surface area contributed by atoms with Crippen molar-refractivity contribution in [1.29, 1.82) is 0 Å². The molecule has 162 valence electrons. The molecule has 3 amide bonds. The Balaban J connectivity index is 1.30. The highest BCUT2D eigenvalue weighted by atomic mass is 16.2. The van der Waals surface area contributed by atoms with Gasteiger partial charge >= 0.3 is 0 Å². The number of aromatic nitrogens is 1. The van der Waals surface area contributed by atoms with Gasteiger partial charge in [0.25, 0.3) is 11.8 Å². The molecule has 1 aromatic heterocycles. The van der Waals surface area contributed by atoms with Crippen molar-refractivity contribution in [3.63, 3.8) is 0 Å². The summed E-state index contributed by atoms with van der Waals surface area (Å²) in [7, 11) is 0. The van der Waals surface area contributed by atoms with Crippen molar-refractivity contribution >= 4 is 40.0 Å². The summed E-state index contributed by atoms with van der Waals surface area (Å²) in [6, 6.07) is 22.1. The maximum atomic E-state index is 13.4. The Bertz CT molecular complexity index is 1440. The van der Waals surface area contributed by atoms with Gasteiger partial charge in [0.2, 0.25) is 5.91 Å². The molecule has 2 aliphatic rings. The van der Waals surface area contributed by atoms with E-state index in [0.717, 1.165) is 22.2 Å². The highest BCUT2D eigenvalue weighted by Gasteiger charge is 2.47. The number of carbonyl (C=O) groups is 3. The molecule has 0 radical (unpaired) electrons. The van der Waals surface area contributed by atoms with Crippen LogP contribution >= 0.6 is 0 Å². The largest absolute Gasteiger partial charge is 0.361 e. The molecule has 0 saturated heterocycles. The number of aromatic amines is 1. The number of hydrogen-bond acceptors (Lipinski definition) is 3. The normalized spacial score (nSPS) is 16.5. The molecule has 7 nitrogen and oxygen atoms in total. The van der Waals surface area contributed by atoms with E-state index < -0.39 is 6.17 Å². The number of benzene rings is 3. The van der Waals surface area contributed by atoms with E-state index in [-0.39, 0.29) is 30.7 Å². The second-order valence-corrected chi connectivity index (χ2v) is 8.19. The number of H-pyrrole nitrogens is 1. The zero-order chi connectivity index (χ0) is 22.5. The van der Waals surface area contributed by atoms with Crippen molar-refractivity contribution in [2.24, 2.45) is 0 Å². The summed E-state index contributed by atoms with van der Waals surface area (Å²) in [6.07, 6.45) is 1.37. The molecular weight excluding hydrogens is 416 g/mol. The van der Waals surface area contributed by atoms with Crippen LogP contribution in [-0.2, 0) is 4.79 Å². The molecule has 0 fully saturated rings. The number of nitrogens with one attached hydrogen (secondary N) is 2. The standard InChI is InChI=1S/C26H20N4O3/c31-23(28-21-10-5-9-20-18(21)12-14-27-20)13-15-29-24-16-6-1-2-7-17(16)26(33)30(24)22-11-4-3-8-19(22)25(29)32/h1-12,14,24,27H,13,15H2,(H,28,31)/t24-/m0/s1. The first-order valence-electron chi connectivity index (χ1n) is 10.8. The summed E-state index contributed by atoms with van der Waals surface area (Å²) in [5, 5.41) is 3.88. The summed E-state index contributed by atoms with van der Waals surface area (Å²) < 4.78 is 0. The Hall–Kier alpha value is -4.39. The predicted molar refractivity (Wildman–Crippen MR) is 125 cm³/mol. The summed E-state index contributed by atoms with van der Waals surface area (Å²) >= 11 is 0. The number of rotatable bonds is 4. The summed E-state index contributed by atoms with van der Waals surface area (Å²) in [5.74, 6) is -0.513. The topological polar surface area (TPSA) is 85.5 Å². The van der Waals surface area contributed by atoms with Gasteiger partial charge in [-0.1, -0.05) is 36.4 Å². The van der Waals surface area contributed by atoms with Gasteiger partial charge in [-0.2, -0.15) is 0 Å². The predicted octanol–water partition coefficient (Wildman–Crippen LogP) is 4.31. The van der Waals surface area contributed by atoms with Crippen molar-refractivity contribution < 1.29 is 14.4 Å². The minimum absolute atomic E-state index is 0.107. The van der Waals surface area contributed by atoms with Crippen LogP contribution in [0.1, 0.15) is 38.9 Å². The highest BCUT2D eigenvalue weighted by Crippen LogP contribution is 2.45. The maximum Gasteiger partial charge on any atom is 0.260 e. The van der Waals surface area contributed by atoms with E-state index >= 15 is 0 Å². The second kappa shape index (κ2) is 7.34. The third kappa shape index (κ3) is 2.93. The summed E-state index contributed by atoms with van der Waals surface area (Å²) in [4.78, 5) is 45.9. The van der Waals surface area contributed by atoms with Crippen LogP contribution in [0, 0.1) is 0 Å². The van der Waals surface area contributed by atoms with E-state index in [9.17, 15) is 14.4 Å².